The van der Waals surface area contributed by atoms with Gasteiger partial charge < -0.3 is 15.4 Å². The van der Waals surface area contributed by atoms with Gasteiger partial charge in [-0.1, -0.05) is 19.1 Å². The molecular weight excluding hydrogens is 294 g/mol. The number of carbonyl (C=O) groups excluding carboxylic acids is 2. The van der Waals surface area contributed by atoms with E-state index >= 15 is 0 Å². The molecule has 1 aromatic carbocycles. The first-order valence-corrected chi connectivity index (χ1v) is 8.13. The van der Waals surface area contributed by atoms with E-state index in [1.165, 1.54) is 4.90 Å². The maximum atomic E-state index is 13.1. The van der Waals surface area contributed by atoms with Gasteiger partial charge in [0.1, 0.15) is 11.3 Å². The molecule has 124 valence electrons. The van der Waals surface area contributed by atoms with Gasteiger partial charge >= 0.3 is 6.03 Å². The Morgan fingerprint density at radius 2 is 1.87 bits per heavy atom. The first-order chi connectivity index (χ1) is 11.1. The van der Waals surface area contributed by atoms with Gasteiger partial charge in [0.05, 0.1) is 7.11 Å². The van der Waals surface area contributed by atoms with Crippen LogP contribution in [0, 0.1) is 0 Å². The number of methoxy groups -OCH3 is 1. The number of nitrogens with one attached hydrogen (secondary N) is 2. The van der Waals surface area contributed by atoms with E-state index in [9.17, 15) is 9.59 Å². The highest BCUT2D eigenvalue weighted by Gasteiger charge is 2.53. The van der Waals surface area contributed by atoms with E-state index in [4.69, 9.17) is 4.74 Å². The van der Waals surface area contributed by atoms with E-state index in [1.54, 1.807) is 7.11 Å². The lowest BCUT2D eigenvalue weighted by atomic mass is 9.86. The molecule has 0 radical (unpaired) electrons. The third-order valence-electron chi connectivity index (χ3n) is 4.91. The Morgan fingerprint density at radius 3 is 2.43 bits per heavy atom. The van der Waals surface area contributed by atoms with Crippen molar-refractivity contribution in [1.29, 1.82) is 0 Å². The molecule has 0 spiro atoms. The van der Waals surface area contributed by atoms with Crippen molar-refractivity contribution in [3.8, 4) is 5.75 Å². The first kappa shape index (κ1) is 15.8. The van der Waals surface area contributed by atoms with Crippen LogP contribution in [0.1, 0.15) is 31.7 Å². The quantitative estimate of drug-likeness (QED) is 0.828. The fraction of sp³-hybridized carbons (Fsp3) is 0.529. The molecule has 0 aliphatic carbocycles. The molecule has 1 atom stereocenters. The van der Waals surface area contributed by atoms with Crippen LogP contribution >= 0.6 is 0 Å². The average molecular weight is 317 g/mol. The fourth-order valence-electron chi connectivity index (χ4n) is 3.51. The summed E-state index contributed by atoms with van der Waals surface area (Å²) in [6, 6.07) is 7.05. The molecule has 1 aromatic rings. The Hall–Kier alpha value is -2.08. The number of amides is 3. The van der Waals surface area contributed by atoms with Gasteiger partial charge in [0.2, 0.25) is 0 Å². The third kappa shape index (κ3) is 2.57. The largest absolute Gasteiger partial charge is 0.497 e. The molecule has 3 amide bonds. The van der Waals surface area contributed by atoms with Gasteiger partial charge in [0.25, 0.3) is 5.91 Å². The summed E-state index contributed by atoms with van der Waals surface area (Å²) in [5.41, 5.74) is -0.163. The maximum Gasteiger partial charge on any atom is 0.325 e. The molecule has 0 bridgehead atoms. The molecule has 2 fully saturated rings. The highest BCUT2D eigenvalue weighted by Crippen LogP contribution is 2.35. The Balaban J connectivity index is 1.92. The number of rotatable bonds is 4. The molecule has 2 aliphatic heterocycles. The van der Waals surface area contributed by atoms with E-state index in [1.807, 2.05) is 31.2 Å². The number of hydrogen-bond donors (Lipinski definition) is 2. The average Bonchev–Trinajstić information content (AvgIpc) is 2.87. The second kappa shape index (κ2) is 6.20. The minimum atomic E-state index is -0.964. The molecule has 0 saturated carbocycles. The van der Waals surface area contributed by atoms with E-state index in [-0.39, 0.29) is 18.0 Å². The number of benzene rings is 1. The second-order valence-electron chi connectivity index (χ2n) is 6.07. The number of nitrogens with zero attached hydrogens (tertiary/aromatic N) is 1. The number of imide groups is 1. The van der Waals surface area contributed by atoms with Gasteiger partial charge in [0, 0.05) is 6.04 Å². The number of ether oxygens (including phenoxy) is 1. The van der Waals surface area contributed by atoms with Gasteiger partial charge in [-0.05, 0) is 50.0 Å². The second-order valence-corrected chi connectivity index (χ2v) is 6.07. The number of carbonyl (C=O) groups is 2. The Labute approximate surface area is 136 Å². The van der Waals surface area contributed by atoms with Gasteiger partial charge in [-0.15, -0.1) is 0 Å². The summed E-state index contributed by atoms with van der Waals surface area (Å²) in [7, 11) is 1.60. The Morgan fingerprint density at radius 1 is 1.22 bits per heavy atom. The van der Waals surface area contributed by atoms with E-state index in [0.717, 1.165) is 37.2 Å². The zero-order valence-corrected chi connectivity index (χ0v) is 13.6. The molecule has 3 rings (SSSR count). The number of piperidine rings is 1. The van der Waals surface area contributed by atoms with Crippen LogP contribution in [0.3, 0.4) is 0 Å². The summed E-state index contributed by atoms with van der Waals surface area (Å²) in [6.45, 7) is 3.60. The topological polar surface area (TPSA) is 70.7 Å². The van der Waals surface area contributed by atoms with Crippen LogP contribution in [-0.4, -0.2) is 43.1 Å². The van der Waals surface area contributed by atoms with Crippen molar-refractivity contribution in [3.63, 3.8) is 0 Å². The van der Waals surface area contributed by atoms with Crippen LogP contribution in [0.25, 0.3) is 0 Å². The lowest BCUT2D eigenvalue weighted by Crippen LogP contribution is -2.48. The third-order valence-corrected chi connectivity index (χ3v) is 4.91. The minimum Gasteiger partial charge on any atom is -0.497 e. The van der Waals surface area contributed by atoms with Crippen molar-refractivity contribution in [1.82, 2.24) is 15.5 Å². The molecule has 2 heterocycles. The predicted octanol–water partition coefficient (Wildman–Crippen LogP) is 1.60. The van der Waals surface area contributed by atoms with Crippen molar-refractivity contribution in [3.05, 3.63) is 29.8 Å². The fourth-order valence-corrected chi connectivity index (χ4v) is 3.51. The van der Waals surface area contributed by atoms with Crippen molar-refractivity contribution in [2.24, 2.45) is 0 Å². The highest BCUT2D eigenvalue weighted by atomic mass is 16.5. The SMILES string of the molecule is CCC1(c2ccc(OC)cc2)NC(=O)N(C2CCNCC2)C1=O. The van der Waals surface area contributed by atoms with Gasteiger partial charge in [-0.25, -0.2) is 4.79 Å². The molecular formula is C17H23N3O3. The van der Waals surface area contributed by atoms with Crippen LogP contribution in [0.15, 0.2) is 24.3 Å². The molecule has 2 N–H and O–H groups in total. The zero-order chi connectivity index (χ0) is 16.4. The lowest BCUT2D eigenvalue weighted by molar-refractivity contribution is -0.133. The summed E-state index contributed by atoms with van der Waals surface area (Å²) >= 11 is 0. The normalized spacial score (nSPS) is 25.6. The molecule has 6 heteroatoms. The molecule has 6 nitrogen and oxygen atoms in total. The highest BCUT2D eigenvalue weighted by molar-refractivity contribution is 6.07. The summed E-state index contributed by atoms with van der Waals surface area (Å²) in [4.78, 5) is 27.1. The maximum absolute atomic E-state index is 13.1. The molecule has 2 aliphatic rings. The molecule has 2 saturated heterocycles. The van der Waals surface area contributed by atoms with Gasteiger partial charge in [-0.2, -0.15) is 0 Å². The summed E-state index contributed by atoms with van der Waals surface area (Å²) in [5.74, 6) is 0.592. The molecule has 0 aromatic heterocycles. The standard InChI is InChI=1S/C17H23N3O3/c1-3-17(12-4-6-14(23-2)7-5-12)15(21)20(16(22)19-17)13-8-10-18-11-9-13/h4-7,13,18H,3,8-11H2,1-2H3,(H,19,22). The van der Waals surface area contributed by atoms with Crippen molar-refractivity contribution in [2.45, 2.75) is 37.8 Å². The van der Waals surface area contributed by atoms with Crippen LogP contribution in [0.4, 0.5) is 4.79 Å². The molecule has 1 unspecified atom stereocenters. The van der Waals surface area contributed by atoms with Crippen molar-refractivity contribution in [2.75, 3.05) is 20.2 Å². The van der Waals surface area contributed by atoms with Crippen molar-refractivity contribution < 1.29 is 14.3 Å². The summed E-state index contributed by atoms with van der Waals surface area (Å²) < 4.78 is 5.17. The Bertz CT molecular complexity index is 596. The zero-order valence-electron chi connectivity index (χ0n) is 13.6. The van der Waals surface area contributed by atoms with Crippen LogP contribution in [0.5, 0.6) is 5.75 Å². The number of hydrogen-bond acceptors (Lipinski definition) is 4. The smallest absolute Gasteiger partial charge is 0.325 e. The lowest BCUT2D eigenvalue weighted by Gasteiger charge is -2.31. The van der Waals surface area contributed by atoms with E-state index in [0.29, 0.717) is 6.42 Å². The minimum absolute atomic E-state index is 0.0181. The summed E-state index contributed by atoms with van der Waals surface area (Å²) in [5, 5.41) is 6.21. The summed E-state index contributed by atoms with van der Waals surface area (Å²) in [6.07, 6.45) is 2.13. The van der Waals surface area contributed by atoms with Gasteiger partial charge in [-0.3, -0.25) is 9.69 Å². The monoisotopic (exact) mass is 317 g/mol. The van der Waals surface area contributed by atoms with Crippen LogP contribution < -0.4 is 15.4 Å². The Kier molecular flexibility index (Phi) is 4.26. The first-order valence-electron chi connectivity index (χ1n) is 8.13. The van der Waals surface area contributed by atoms with Crippen LogP contribution in [0.2, 0.25) is 0 Å². The molecule has 23 heavy (non-hydrogen) atoms. The van der Waals surface area contributed by atoms with Crippen LogP contribution in [-0.2, 0) is 10.3 Å². The van der Waals surface area contributed by atoms with E-state index in [2.05, 4.69) is 10.6 Å². The van der Waals surface area contributed by atoms with E-state index < -0.39 is 5.54 Å². The van der Waals surface area contributed by atoms with Gasteiger partial charge in [0.15, 0.2) is 0 Å². The van der Waals surface area contributed by atoms with Crippen molar-refractivity contribution >= 4 is 11.9 Å². The predicted molar refractivity (Wildman–Crippen MR) is 86.2 cm³/mol. The number of urea groups is 1.